The van der Waals surface area contributed by atoms with E-state index in [9.17, 15) is 0 Å². The maximum atomic E-state index is 5.81. The Hall–Kier alpha value is -1.26. The van der Waals surface area contributed by atoms with Crippen LogP contribution in [0.25, 0.3) is 0 Å². The summed E-state index contributed by atoms with van der Waals surface area (Å²) in [5.41, 5.74) is 1.04. The third-order valence-electron chi connectivity index (χ3n) is 2.43. The first-order valence-electron chi connectivity index (χ1n) is 6.22. The lowest BCUT2D eigenvalue weighted by molar-refractivity contribution is 0.965. The summed E-state index contributed by atoms with van der Waals surface area (Å²) >= 11 is 7.46. The molecule has 0 bridgehead atoms. The van der Waals surface area contributed by atoms with Gasteiger partial charge in [-0.2, -0.15) is 0 Å². The van der Waals surface area contributed by atoms with Crippen molar-refractivity contribution in [1.82, 2.24) is 9.97 Å². The Bertz CT molecular complexity index is 516. The Balaban J connectivity index is 1.93. The minimum absolute atomic E-state index is 0.660. The van der Waals surface area contributed by atoms with Crippen LogP contribution in [0.5, 0.6) is 0 Å². The van der Waals surface area contributed by atoms with E-state index in [0.29, 0.717) is 5.02 Å². The van der Waals surface area contributed by atoms with E-state index in [1.54, 1.807) is 18.0 Å². The fourth-order valence-corrected chi connectivity index (χ4v) is 2.37. The Labute approximate surface area is 122 Å². The fourth-order valence-electron chi connectivity index (χ4n) is 1.51. The van der Waals surface area contributed by atoms with Crippen LogP contribution in [0.4, 0.5) is 5.82 Å². The second kappa shape index (κ2) is 7.36. The van der Waals surface area contributed by atoms with Gasteiger partial charge in [-0.3, -0.25) is 0 Å². The molecule has 2 aromatic rings. The van der Waals surface area contributed by atoms with E-state index in [2.05, 4.69) is 22.2 Å². The third kappa shape index (κ3) is 4.73. The molecule has 0 aliphatic carbocycles. The van der Waals surface area contributed by atoms with Crippen LogP contribution in [-0.2, 0) is 5.75 Å². The van der Waals surface area contributed by atoms with E-state index in [0.717, 1.165) is 35.3 Å². The molecule has 0 fully saturated rings. The summed E-state index contributed by atoms with van der Waals surface area (Å²) in [5, 5.41) is 4.90. The largest absolute Gasteiger partial charge is 0.370 e. The molecule has 0 aromatic carbocycles. The monoisotopic (exact) mass is 293 g/mol. The highest BCUT2D eigenvalue weighted by Crippen LogP contribution is 2.21. The van der Waals surface area contributed by atoms with Gasteiger partial charge in [0.05, 0.1) is 15.7 Å². The molecule has 0 aliphatic rings. The standard InChI is InChI=1S/C14H16ClN3S/c1-2-8-16-13-5-3-4-12(18-13)10-19-14-7-6-11(15)9-17-14/h3-7,9H,2,8,10H2,1H3,(H,16,18). The van der Waals surface area contributed by atoms with Gasteiger partial charge in [-0.25, -0.2) is 9.97 Å². The minimum Gasteiger partial charge on any atom is -0.370 e. The zero-order valence-corrected chi connectivity index (χ0v) is 12.3. The van der Waals surface area contributed by atoms with Crippen molar-refractivity contribution in [2.75, 3.05) is 11.9 Å². The van der Waals surface area contributed by atoms with Gasteiger partial charge in [0.2, 0.25) is 0 Å². The second-order valence-corrected chi connectivity index (χ2v) is 5.48. The molecule has 0 saturated carbocycles. The van der Waals surface area contributed by atoms with Crippen molar-refractivity contribution >= 4 is 29.2 Å². The van der Waals surface area contributed by atoms with Gasteiger partial charge in [0.15, 0.2) is 0 Å². The topological polar surface area (TPSA) is 37.8 Å². The van der Waals surface area contributed by atoms with E-state index in [1.807, 2.05) is 30.3 Å². The Morgan fingerprint density at radius 1 is 1.26 bits per heavy atom. The van der Waals surface area contributed by atoms with E-state index < -0.39 is 0 Å². The summed E-state index contributed by atoms with van der Waals surface area (Å²) in [6.45, 7) is 3.08. The fraction of sp³-hybridized carbons (Fsp3) is 0.286. The number of hydrogen-bond donors (Lipinski definition) is 1. The third-order valence-corrected chi connectivity index (χ3v) is 3.63. The quantitative estimate of drug-likeness (QED) is 0.808. The number of nitrogens with one attached hydrogen (secondary N) is 1. The molecule has 2 heterocycles. The van der Waals surface area contributed by atoms with Crippen LogP contribution in [0.1, 0.15) is 19.0 Å². The predicted molar refractivity (Wildman–Crippen MR) is 81.8 cm³/mol. The first-order valence-corrected chi connectivity index (χ1v) is 7.58. The molecule has 0 aliphatic heterocycles. The highest BCUT2D eigenvalue weighted by molar-refractivity contribution is 7.98. The number of rotatable bonds is 6. The number of anilines is 1. The van der Waals surface area contributed by atoms with Crippen LogP contribution in [-0.4, -0.2) is 16.5 Å². The summed E-state index contributed by atoms with van der Waals surface area (Å²) in [5.74, 6) is 1.74. The lowest BCUT2D eigenvalue weighted by Crippen LogP contribution is -2.02. The van der Waals surface area contributed by atoms with Crippen molar-refractivity contribution in [2.24, 2.45) is 0 Å². The predicted octanol–water partition coefficient (Wildman–Crippen LogP) is 4.24. The summed E-state index contributed by atoms with van der Waals surface area (Å²) in [4.78, 5) is 8.81. The van der Waals surface area contributed by atoms with Gasteiger partial charge in [0.25, 0.3) is 0 Å². The highest BCUT2D eigenvalue weighted by atomic mass is 35.5. The van der Waals surface area contributed by atoms with Crippen LogP contribution < -0.4 is 5.32 Å². The number of hydrogen-bond acceptors (Lipinski definition) is 4. The molecule has 0 atom stereocenters. The molecule has 19 heavy (non-hydrogen) atoms. The Morgan fingerprint density at radius 2 is 2.16 bits per heavy atom. The van der Waals surface area contributed by atoms with Gasteiger partial charge in [0.1, 0.15) is 5.82 Å². The maximum Gasteiger partial charge on any atom is 0.126 e. The molecule has 0 amide bonds. The van der Waals surface area contributed by atoms with Gasteiger partial charge >= 0.3 is 0 Å². The summed E-state index contributed by atoms with van der Waals surface area (Å²) in [7, 11) is 0. The molecule has 0 spiro atoms. The van der Waals surface area contributed by atoms with Crippen molar-refractivity contribution in [1.29, 1.82) is 0 Å². The van der Waals surface area contributed by atoms with Gasteiger partial charge in [-0.15, -0.1) is 11.8 Å². The number of nitrogens with zero attached hydrogens (tertiary/aromatic N) is 2. The second-order valence-electron chi connectivity index (χ2n) is 4.04. The van der Waals surface area contributed by atoms with Crippen LogP contribution in [0.15, 0.2) is 41.6 Å². The lowest BCUT2D eigenvalue weighted by Gasteiger charge is -2.06. The average molecular weight is 294 g/mol. The normalized spacial score (nSPS) is 10.4. The molecular formula is C14H16ClN3S. The molecule has 0 unspecified atom stereocenters. The molecule has 3 nitrogen and oxygen atoms in total. The van der Waals surface area contributed by atoms with Crippen LogP contribution in [0, 0.1) is 0 Å². The first kappa shape index (κ1) is 14.2. The van der Waals surface area contributed by atoms with Crippen molar-refractivity contribution in [3.05, 3.63) is 47.2 Å². The molecular weight excluding hydrogens is 278 g/mol. The van der Waals surface area contributed by atoms with E-state index in [1.165, 1.54) is 0 Å². The number of pyridine rings is 2. The van der Waals surface area contributed by atoms with Crippen LogP contribution in [0.2, 0.25) is 5.02 Å². The number of thioether (sulfide) groups is 1. The smallest absolute Gasteiger partial charge is 0.126 e. The number of halogens is 1. The van der Waals surface area contributed by atoms with E-state index in [4.69, 9.17) is 11.6 Å². The van der Waals surface area contributed by atoms with E-state index in [-0.39, 0.29) is 0 Å². The zero-order chi connectivity index (χ0) is 13.5. The maximum absolute atomic E-state index is 5.81. The molecule has 5 heteroatoms. The van der Waals surface area contributed by atoms with Gasteiger partial charge in [-0.1, -0.05) is 24.6 Å². The van der Waals surface area contributed by atoms with Gasteiger partial charge < -0.3 is 5.32 Å². The molecule has 2 rings (SSSR count). The SMILES string of the molecule is CCCNc1cccc(CSc2ccc(Cl)cn2)n1. The lowest BCUT2D eigenvalue weighted by atomic mass is 10.3. The average Bonchev–Trinajstić information content (AvgIpc) is 2.45. The van der Waals surface area contributed by atoms with Crippen molar-refractivity contribution in [3.63, 3.8) is 0 Å². The highest BCUT2D eigenvalue weighted by Gasteiger charge is 2.00. The summed E-state index contributed by atoms with van der Waals surface area (Å²) < 4.78 is 0. The Morgan fingerprint density at radius 3 is 2.89 bits per heavy atom. The molecule has 2 aromatic heterocycles. The van der Waals surface area contributed by atoms with Crippen LogP contribution in [0.3, 0.4) is 0 Å². The van der Waals surface area contributed by atoms with Crippen molar-refractivity contribution in [3.8, 4) is 0 Å². The van der Waals surface area contributed by atoms with Gasteiger partial charge in [-0.05, 0) is 30.7 Å². The Kier molecular flexibility index (Phi) is 5.48. The summed E-state index contributed by atoms with van der Waals surface area (Å²) in [6.07, 6.45) is 2.76. The van der Waals surface area contributed by atoms with Crippen molar-refractivity contribution < 1.29 is 0 Å². The van der Waals surface area contributed by atoms with E-state index >= 15 is 0 Å². The summed E-state index contributed by atoms with van der Waals surface area (Å²) in [6, 6.07) is 9.82. The molecule has 0 saturated heterocycles. The van der Waals surface area contributed by atoms with Crippen molar-refractivity contribution in [2.45, 2.75) is 24.1 Å². The molecule has 1 N–H and O–H groups in total. The minimum atomic E-state index is 0.660. The molecule has 0 radical (unpaired) electrons. The van der Waals surface area contributed by atoms with Gasteiger partial charge in [0, 0.05) is 18.5 Å². The zero-order valence-electron chi connectivity index (χ0n) is 10.8. The molecule has 100 valence electrons. The van der Waals surface area contributed by atoms with Crippen LogP contribution >= 0.6 is 23.4 Å². The number of aromatic nitrogens is 2. The first-order chi connectivity index (χ1) is 9.28.